The Bertz CT molecular complexity index is 1390. The first-order chi connectivity index (χ1) is 24.3. The second-order valence-electron chi connectivity index (χ2n) is 14.0. The van der Waals surface area contributed by atoms with Crippen molar-refractivity contribution in [2.24, 2.45) is 23.1 Å². The van der Waals surface area contributed by atoms with E-state index in [4.69, 9.17) is 17.2 Å². The molecule has 0 saturated carbocycles. The van der Waals surface area contributed by atoms with E-state index in [0.717, 1.165) is 11.1 Å². The maximum Gasteiger partial charge on any atom is 0.326 e. The van der Waals surface area contributed by atoms with E-state index in [-0.39, 0.29) is 50.9 Å². The van der Waals surface area contributed by atoms with Crippen LogP contribution in [-0.2, 0) is 41.6 Å². The zero-order valence-corrected chi connectivity index (χ0v) is 29.7. The van der Waals surface area contributed by atoms with Gasteiger partial charge in [-0.1, -0.05) is 50.3 Å². The van der Waals surface area contributed by atoms with Crippen LogP contribution < -0.4 is 43.8 Å². The van der Waals surface area contributed by atoms with E-state index in [1.54, 1.807) is 12.2 Å². The van der Waals surface area contributed by atoms with Crippen molar-refractivity contribution in [1.29, 1.82) is 0 Å². The minimum atomic E-state index is -1.54. The fraction of sp³-hybridized carbons (Fsp3) is 0.611. The molecule has 0 bridgehead atoms. The predicted molar refractivity (Wildman–Crippen MR) is 192 cm³/mol. The molecule has 51 heavy (non-hydrogen) atoms. The van der Waals surface area contributed by atoms with Crippen LogP contribution in [0, 0.1) is 5.92 Å². The lowest BCUT2D eigenvalue weighted by atomic mass is 9.92. The molecule has 1 heterocycles. The molecule has 1 aliphatic carbocycles. The van der Waals surface area contributed by atoms with E-state index in [1.165, 1.54) is 0 Å². The van der Waals surface area contributed by atoms with E-state index in [1.807, 2.05) is 38.1 Å². The van der Waals surface area contributed by atoms with Crippen LogP contribution in [0.2, 0.25) is 0 Å². The van der Waals surface area contributed by atoms with Gasteiger partial charge in [-0.2, -0.15) is 0 Å². The lowest BCUT2D eigenvalue weighted by Crippen LogP contribution is -2.65. The molecule has 15 heteroatoms. The van der Waals surface area contributed by atoms with Crippen LogP contribution in [0.3, 0.4) is 0 Å². The molecule has 12 N–H and O–H groups in total. The third-order valence-corrected chi connectivity index (χ3v) is 9.27. The minimum absolute atomic E-state index is 0.0210. The number of amides is 5. The van der Waals surface area contributed by atoms with Crippen molar-refractivity contribution in [2.75, 3.05) is 13.1 Å². The summed E-state index contributed by atoms with van der Waals surface area (Å²) in [6, 6.07) is 1.97. The summed E-state index contributed by atoms with van der Waals surface area (Å²) in [4.78, 5) is 80.6. The third-order valence-electron chi connectivity index (χ3n) is 9.27. The molecule has 1 aromatic rings. The molecule has 15 nitrogen and oxygen atoms in total. The Hall–Kier alpha value is -4.34. The second kappa shape index (κ2) is 19.9. The van der Waals surface area contributed by atoms with E-state index < -0.39 is 71.3 Å². The minimum Gasteiger partial charge on any atom is -0.480 e. The van der Waals surface area contributed by atoms with Crippen molar-refractivity contribution in [1.82, 2.24) is 26.6 Å². The Morgan fingerprint density at radius 2 is 1.37 bits per heavy atom. The van der Waals surface area contributed by atoms with Crippen molar-refractivity contribution < 1.29 is 33.9 Å². The molecule has 282 valence electrons. The molecular formula is C36H56N8O7. The zero-order chi connectivity index (χ0) is 37.6. The SMILES string of the molecule is CC(C)C[C@H](NC(=O)C1(NC(=O)[C@@H]2C/C=C/C[C@H](N)C(=O)N[C@@H](CCCCN)C(=O)N[C@@H](CCCCN)C(=O)N2)Cc2ccccc2C1)C(=O)O. The van der Waals surface area contributed by atoms with Crippen LogP contribution in [0.5, 0.6) is 0 Å². The summed E-state index contributed by atoms with van der Waals surface area (Å²) in [6.07, 6.45) is 6.52. The Kier molecular flexibility index (Phi) is 16.0. The van der Waals surface area contributed by atoms with E-state index in [9.17, 15) is 33.9 Å². The maximum absolute atomic E-state index is 14.2. The summed E-state index contributed by atoms with van der Waals surface area (Å²) in [5, 5.41) is 23.7. The Morgan fingerprint density at radius 3 is 1.90 bits per heavy atom. The molecule has 0 radical (unpaired) electrons. The highest BCUT2D eigenvalue weighted by Crippen LogP contribution is 2.31. The standard InChI is InChI=1S/C36H56N8O7/c1-22(2)19-29(34(49)50)43-35(51)36(20-23-11-3-4-12-24(23)21-36)44-33(48)28-14-6-5-13-25(39)30(45)40-26(15-7-9-17-37)31(46)41-27(32(47)42-28)16-8-10-18-38/h3-6,11-12,22,25-29H,7-10,13-21,37-39H2,1-2H3,(H,40,45)(H,41,46)(H,42,47)(H,43,51)(H,44,48)(H,49,50)/b6-5+/t25-,26-,27-,28-,29-/m0/s1. The van der Waals surface area contributed by atoms with Crippen LogP contribution in [0.4, 0.5) is 0 Å². The topological polar surface area (TPSA) is 261 Å². The van der Waals surface area contributed by atoms with Crippen molar-refractivity contribution in [3.63, 3.8) is 0 Å². The van der Waals surface area contributed by atoms with Crippen LogP contribution in [0.15, 0.2) is 36.4 Å². The molecule has 0 saturated heterocycles. The lowest BCUT2D eigenvalue weighted by molar-refractivity contribution is -0.144. The van der Waals surface area contributed by atoms with Crippen LogP contribution >= 0.6 is 0 Å². The molecule has 1 aliphatic heterocycles. The number of nitrogens with two attached hydrogens (primary N) is 3. The molecule has 5 amide bonds. The van der Waals surface area contributed by atoms with Crippen molar-refractivity contribution >= 4 is 35.5 Å². The van der Waals surface area contributed by atoms with Gasteiger partial charge >= 0.3 is 5.97 Å². The zero-order valence-electron chi connectivity index (χ0n) is 29.7. The molecule has 2 aliphatic rings. The van der Waals surface area contributed by atoms with Gasteiger partial charge < -0.3 is 48.9 Å². The number of aliphatic carboxylic acids is 1. The summed E-state index contributed by atoms with van der Waals surface area (Å²) in [5.74, 6) is -4.25. The number of hydrogen-bond acceptors (Lipinski definition) is 9. The highest BCUT2D eigenvalue weighted by Gasteiger charge is 2.47. The van der Waals surface area contributed by atoms with Crippen molar-refractivity contribution in [3.8, 4) is 0 Å². The molecule has 0 unspecified atom stereocenters. The number of carbonyl (C=O) groups excluding carboxylic acids is 5. The average Bonchev–Trinajstić information content (AvgIpc) is 3.46. The number of carboxylic acids is 1. The molecule has 0 fully saturated rings. The summed E-state index contributed by atoms with van der Waals surface area (Å²) in [6.45, 7) is 4.48. The van der Waals surface area contributed by atoms with Gasteiger partial charge in [0.05, 0.1) is 6.04 Å². The van der Waals surface area contributed by atoms with Crippen LogP contribution in [0.1, 0.15) is 82.8 Å². The smallest absolute Gasteiger partial charge is 0.326 e. The molecule has 1 aromatic carbocycles. The van der Waals surface area contributed by atoms with Gasteiger partial charge in [0.2, 0.25) is 29.5 Å². The Morgan fingerprint density at radius 1 is 0.843 bits per heavy atom. The maximum atomic E-state index is 14.2. The van der Waals surface area contributed by atoms with Gasteiger partial charge in [-0.15, -0.1) is 0 Å². The van der Waals surface area contributed by atoms with Crippen molar-refractivity contribution in [2.45, 2.75) is 120 Å². The van der Waals surface area contributed by atoms with Gasteiger partial charge in [-0.05, 0) is 87.9 Å². The highest BCUT2D eigenvalue weighted by atomic mass is 16.4. The number of carbonyl (C=O) groups is 6. The monoisotopic (exact) mass is 712 g/mol. The molecular weight excluding hydrogens is 656 g/mol. The molecule has 0 spiro atoms. The number of unbranched alkanes of at least 4 members (excludes halogenated alkanes) is 2. The van der Waals surface area contributed by atoms with Crippen molar-refractivity contribution in [3.05, 3.63) is 47.5 Å². The molecule has 3 rings (SSSR count). The van der Waals surface area contributed by atoms with Gasteiger partial charge in [-0.3, -0.25) is 24.0 Å². The summed E-state index contributed by atoms with van der Waals surface area (Å²) in [7, 11) is 0. The van der Waals surface area contributed by atoms with Gasteiger partial charge in [0, 0.05) is 12.8 Å². The Labute approximate surface area is 299 Å². The van der Waals surface area contributed by atoms with Crippen LogP contribution in [0.25, 0.3) is 0 Å². The predicted octanol–water partition coefficient (Wildman–Crippen LogP) is -0.355. The number of hydrogen-bond donors (Lipinski definition) is 9. The summed E-state index contributed by atoms with van der Waals surface area (Å²) < 4.78 is 0. The first-order valence-electron chi connectivity index (χ1n) is 17.9. The van der Waals surface area contributed by atoms with E-state index in [0.29, 0.717) is 38.8 Å². The normalized spacial score (nSPS) is 23.5. The lowest BCUT2D eigenvalue weighted by Gasteiger charge is -2.33. The highest BCUT2D eigenvalue weighted by molar-refractivity contribution is 5.98. The third kappa shape index (κ3) is 12.1. The fourth-order valence-electron chi connectivity index (χ4n) is 6.39. The summed E-state index contributed by atoms with van der Waals surface area (Å²) >= 11 is 0. The fourth-order valence-corrected chi connectivity index (χ4v) is 6.39. The van der Waals surface area contributed by atoms with Gasteiger partial charge in [0.1, 0.15) is 29.7 Å². The van der Waals surface area contributed by atoms with Crippen LogP contribution in [-0.4, -0.2) is 89.4 Å². The number of benzene rings is 1. The van der Waals surface area contributed by atoms with Gasteiger partial charge in [0.15, 0.2) is 0 Å². The first-order valence-corrected chi connectivity index (χ1v) is 17.9. The van der Waals surface area contributed by atoms with Gasteiger partial charge in [-0.25, -0.2) is 4.79 Å². The number of fused-ring (bicyclic) bond motifs is 1. The number of carboxylic acid groups (broad SMARTS) is 1. The molecule has 0 aromatic heterocycles. The largest absolute Gasteiger partial charge is 0.480 e. The van der Waals surface area contributed by atoms with E-state index in [2.05, 4.69) is 26.6 Å². The molecule has 5 atom stereocenters. The first kappa shape index (κ1) is 41.1. The Balaban J connectivity index is 1.95. The quantitative estimate of drug-likeness (QED) is 0.0843. The second-order valence-corrected chi connectivity index (χ2v) is 14.0. The number of rotatable bonds is 15. The summed E-state index contributed by atoms with van der Waals surface area (Å²) in [5.41, 5.74) is 17.6. The van der Waals surface area contributed by atoms with Gasteiger partial charge in [0.25, 0.3) is 0 Å². The average molecular weight is 713 g/mol. The number of nitrogens with one attached hydrogen (secondary N) is 5. The van der Waals surface area contributed by atoms with E-state index >= 15 is 0 Å².